The van der Waals surface area contributed by atoms with E-state index in [2.05, 4.69) is 21.2 Å². The maximum Gasteiger partial charge on any atom is 0.169 e. The Morgan fingerprint density at radius 3 is 2.79 bits per heavy atom. The van der Waals surface area contributed by atoms with Gasteiger partial charge in [-0.2, -0.15) is 0 Å². The van der Waals surface area contributed by atoms with E-state index in [1.165, 1.54) is 6.07 Å². The van der Waals surface area contributed by atoms with Crippen molar-refractivity contribution in [2.24, 2.45) is 0 Å². The summed E-state index contributed by atoms with van der Waals surface area (Å²) in [5.41, 5.74) is 0.575. The van der Waals surface area contributed by atoms with Gasteiger partial charge in [-0.05, 0) is 64.8 Å². The van der Waals surface area contributed by atoms with Gasteiger partial charge < -0.3 is 9.73 Å². The molecule has 5 heteroatoms. The van der Waals surface area contributed by atoms with Gasteiger partial charge in [-0.1, -0.05) is 18.5 Å². The molecule has 0 radical (unpaired) electrons. The minimum Gasteiger partial charge on any atom is -0.453 e. The standard InChI is InChI=1S/C14H14BrClFNO/c1-2-18-12(13-5-6-14(15)19-13)8-9-7-10(16)3-4-11(9)17/h3-7,12,18H,2,8H2,1H3. The van der Waals surface area contributed by atoms with Crippen LogP contribution < -0.4 is 5.32 Å². The molecule has 1 heterocycles. The average molecular weight is 347 g/mol. The van der Waals surface area contributed by atoms with Gasteiger partial charge in [0.1, 0.15) is 11.6 Å². The molecular weight excluding hydrogens is 333 g/mol. The molecule has 0 amide bonds. The zero-order chi connectivity index (χ0) is 13.8. The van der Waals surface area contributed by atoms with Gasteiger partial charge in [0.05, 0.1) is 6.04 Å². The van der Waals surface area contributed by atoms with Crippen molar-refractivity contribution in [2.75, 3.05) is 6.54 Å². The highest BCUT2D eigenvalue weighted by Crippen LogP contribution is 2.25. The molecule has 0 saturated heterocycles. The topological polar surface area (TPSA) is 25.2 Å². The van der Waals surface area contributed by atoms with E-state index in [0.29, 0.717) is 21.7 Å². The normalized spacial score (nSPS) is 12.6. The van der Waals surface area contributed by atoms with Crippen molar-refractivity contribution < 1.29 is 8.81 Å². The van der Waals surface area contributed by atoms with Crippen LogP contribution in [0.25, 0.3) is 0 Å². The minimum atomic E-state index is -0.252. The van der Waals surface area contributed by atoms with E-state index >= 15 is 0 Å². The Kier molecular flexibility index (Phi) is 5.02. The molecule has 0 aliphatic rings. The number of benzene rings is 1. The number of furan rings is 1. The van der Waals surface area contributed by atoms with Crippen molar-refractivity contribution >= 4 is 27.5 Å². The molecule has 2 rings (SSSR count). The smallest absolute Gasteiger partial charge is 0.169 e. The minimum absolute atomic E-state index is 0.0794. The summed E-state index contributed by atoms with van der Waals surface area (Å²) in [4.78, 5) is 0. The molecule has 19 heavy (non-hydrogen) atoms. The van der Waals surface area contributed by atoms with Crippen molar-refractivity contribution in [3.63, 3.8) is 0 Å². The van der Waals surface area contributed by atoms with Crippen LogP contribution in [-0.2, 0) is 6.42 Å². The van der Waals surface area contributed by atoms with Gasteiger partial charge in [0, 0.05) is 5.02 Å². The van der Waals surface area contributed by atoms with Crippen molar-refractivity contribution in [3.8, 4) is 0 Å². The third-order valence-corrected chi connectivity index (χ3v) is 3.48. The van der Waals surface area contributed by atoms with E-state index in [4.69, 9.17) is 16.0 Å². The second-order valence-electron chi connectivity index (χ2n) is 4.19. The van der Waals surface area contributed by atoms with Gasteiger partial charge in [0.15, 0.2) is 4.67 Å². The number of halogens is 3. The molecule has 1 aromatic carbocycles. The predicted octanol–water partition coefficient (Wildman–Crippen LogP) is 4.73. The van der Waals surface area contributed by atoms with Gasteiger partial charge in [-0.3, -0.25) is 0 Å². The van der Waals surface area contributed by atoms with Crippen LogP contribution in [0, 0.1) is 5.82 Å². The molecular formula is C14H14BrClFNO. The Morgan fingerprint density at radius 1 is 1.37 bits per heavy atom. The molecule has 0 aliphatic carbocycles. The molecule has 2 aromatic rings. The van der Waals surface area contributed by atoms with Crippen LogP contribution in [-0.4, -0.2) is 6.54 Å². The summed E-state index contributed by atoms with van der Waals surface area (Å²) in [6.45, 7) is 2.77. The lowest BCUT2D eigenvalue weighted by atomic mass is 10.0. The largest absolute Gasteiger partial charge is 0.453 e. The Morgan fingerprint density at radius 2 is 2.16 bits per heavy atom. The maximum atomic E-state index is 13.8. The molecule has 0 bridgehead atoms. The summed E-state index contributed by atoms with van der Waals surface area (Å²) in [6, 6.07) is 8.21. The lowest BCUT2D eigenvalue weighted by Gasteiger charge is -2.16. The van der Waals surface area contributed by atoms with E-state index < -0.39 is 0 Å². The van der Waals surface area contributed by atoms with Crippen molar-refractivity contribution in [2.45, 2.75) is 19.4 Å². The number of likely N-dealkylation sites (N-methyl/N-ethyl adjacent to an activating group) is 1. The summed E-state index contributed by atoms with van der Waals surface area (Å²) in [5.74, 6) is 0.519. The molecule has 0 aliphatic heterocycles. The van der Waals surface area contributed by atoms with Crippen LogP contribution in [0.4, 0.5) is 4.39 Å². The molecule has 1 unspecified atom stereocenters. The van der Waals surface area contributed by atoms with E-state index in [-0.39, 0.29) is 11.9 Å². The highest BCUT2D eigenvalue weighted by atomic mass is 79.9. The molecule has 2 nitrogen and oxygen atoms in total. The van der Waals surface area contributed by atoms with E-state index in [0.717, 1.165) is 12.3 Å². The molecule has 102 valence electrons. The van der Waals surface area contributed by atoms with Crippen molar-refractivity contribution in [3.05, 3.63) is 57.2 Å². The number of nitrogens with one attached hydrogen (secondary N) is 1. The first kappa shape index (κ1) is 14.6. The van der Waals surface area contributed by atoms with Gasteiger partial charge in [-0.15, -0.1) is 0 Å². The third kappa shape index (κ3) is 3.81. The van der Waals surface area contributed by atoms with Crippen molar-refractivity contribution in [1.82, 2.24) is 5.32 Å². The fraction of sp³-hybridized carbons (Fsp3) is 0.286. The summed E-state index contributed by atoms with van der Waals surface area (Å²) in [6.07, 6.45) is 0.486. The van der Waals surface area contributed by atoms with Crippen molar-refractivity contribution in [1.29, 1.82) is 0 Å². The summed E-state index contributed by atoms with van der Waals surface area (Å²) < 4.78 is 20.0. The second-order valence-corrected chi connectivity index (χ2v) is 5.41. The van der Waals surface area contributed by atoms with Crippen LogP contribution >= 0.6 is 27.5 Å². The van der Waals surface area contributed by atoms with Crippen LogP contribution in [0.3, 0.4) is 0 Å². The highest BCUT2D eigenvalue weighted by molar-refractivity contribution is 9.10. The molecule has 0 spiro atoms. The zero-order valence-electron chi connectivity index (χ0n) is 10.4. The molecule has 0 fully saturated rings. The molecule has 1 N–H and O–H groups in total. The molecule has 1 atom stereocenters. The van der Waals surface area contributed by atoms with Crippen LogP contribution in [0.2, 0.25) is 5.02 Å². The molecule has 1 aromatic heterocycles. The summed E-state index contributed by atoms with van der Waals surface area (Å²) in [7, 11) is 0. The SMILES string of the molecule is CCNC(Cc1cc(Cl)ccc1F)c1ccc(Br)o1. The van der Waals surface area contributed by atoms with E-state index in [1.807, 2.05) is 19.1 Å². The first-order valence-electron chi connectivity index (χ1n) is 6.02. The first-order chi connectivity index (χ1) is 9.10. The Labute approximate surface area is 125 Å². The lowest BCUT2D eigenvalue weighted by molar-refractivity contribution is 0.402. The Bertz CT molecular complexity index is 558. The number of rotatable bonds is 5. The summed E-state index contributed by atoms with van der Waals surface area (Å²) in [5, 5.41) is 3.82. The lowest BCUT2D eigenvalue weighted by Crippen LogP contribution is -2.22. The first-order valence-corrected chi connectivity index (χ1v) is 7.19. The third-order valence-electron chi connectivity index (χ3n) is 2.82. The van der Waals surface area contributed by atoms with Crippen LogP contribution in [0.1, 0.15) is 24.3 Å². The average Bonchev–Trinajstić information content (AvgIpc) is 2.80. The predicted molar refractivity (Wildman–Crippen MR) is 77.9 cm³/mol. The second kappa shape index (κ2) is 6.55. The van der Waals surface area contributed by atoms with Crippen LogP contribution in [0.15, 0.2) is 39.4 Å². The fourth-order valence-electron chi connectivity index (χ4n) is 1.95. The number of hydrogen-bond acceptors (Lipinski definition) is 2. The highest BCUT2D eigenvalue weighted by Gasteiger charge is 2.17. The van der Waals surface area contributed by atoms with Crippen LogP contribution in [0.5, 0.6) is 0 Å². The fourth-order valence-corrected chi connectivity index (χ4v) is 2.47. The zero-order valence-corrected chi connectivity index (χ0v) is 12.8. The monoisotopic (exact) mass is 345 g/mol. The van der Waals surface area contributed by atoms with E-state index in [9.17, 15) is 4.39 Å². The van der Waals surface area contributed by atoms with Gasteiger partial charge in [-0.25, -0.2) is 4.39 Å². The Hall–Kier alpha value is -0.840. The Balaban J connectivity index is 2.23. The number of hydrogen-bond donors (Lipinski definition) is 1. The summed E-state index contributed by atoms with van der Waals surface area (Å²) >= 11 is 9.18. The maximum absolute atomic E-state index is 13.8. The van der Waals surface area contributed by atoms with Gasteiger partial charge in [0.2, 0.25) is 0 Å². The quantitative estimate of drug-likeness (QED) is 0.847. The van der Waals surface area contributed by atoms with E-state index in [1.54, 1.807) is 12.1 Å². The molecule has 0 saturated carbocycles. The van der Waals surface area contributed by atoms with Gasteiger partial charge in [0.25, 0.3) is 0 Å². The van der Waals surface area contributed by atoms with Gasteiger partial charge >= 0.3 is 0 Å².